The van der Waals surface area contributed by atoms with Crippen LogP contribution in [0.15, 0.2) is 18.2 Å². The van der Waals surface area contributed by atoms with E-state index in [0.717, 1.165) is 0 Å². The fourth-order valence-electron chi connectivity index (χ4n) is 2.45. The molecule has 1 aromatic rings. The van der Waals surface area contributed by atoms with E-state index in [-0.39, 0.29) is 12.2 Å². The van der Waals surface area contributed by atoms with E-state index in [1.165, 1.54) is 0 Å². The summed E-state index contributed by atoms with van der Waals surface area (Å²) < 4.78 is 11.3. The number of rotatable bonds is 3. The fourth-order valence-corrected chi connectivity index (χ4v) is 2.45. The quantitative estimate of drug-likeness (QED) is 0.823. The maximum absolute atomic E-state index is 12.0. The first kappa shape index (κ1) is 17.9. The number of nitrogen functional groups attached to an aromatic ring is 1. The molecule has 0 saturated carbocycles. The van der Waals surface area contributed by atoms with Gasteiger partial charge in [-0.2, -0.15) is 0 Å². The Morgan fingerprint density at radius 2 is 1.83 bits per heavy atom. The van der Waals surface area contributed by atoms with Crippen molar-refractivity contribution < 1.29 is 19.1 Å². The minimum Gasteiger partial charge on any atom is -0.488 e. The van der Waals surface area contributed by atoms with Gasteiger partial charge in [0.1, 0.15) is 17.5 Å². The van der Waals surface area contributed by atoms with Crippen LogP contribution in [0, 0.1) is 0 Å². The average molecular weight is 335 g/mol. The Labute approximate surface area is 141 Å². The molecule has 1 aliphatic rings. The van der Waals surface area contributed by atoms with Crippen LogP contribution in [0.25, 0.3) is 0 Å². The normalized spacial score (nSPS) is 15.9. The lowest BCUT2D eigenvalue weighted by Gasteiger charge is -2.33. The molecule has 1 fully saturated rings. The smallest absolute Gasteiger partial charge is 0.410 e. The van der Waals surface area contributed by atoms with Crippen molar-refractivity contribution in [3.8, 4) is 5.75 Å². The van der Waals surface area contributed by atoms with Gasteiger partial charge in [-0.05, 0) is 39.0 Å². The van der Waals surface area contributed by atoms with Crippen LogP contribution in [0.4, 0.5) is 10.5 Å². The number of hydrogen-bond acceptors (Lipinski definition) is 5. The SMILES string of the molecule is CC(C)(C)OC(=O)N1CCC(Oc2cc(C(N)=O)ccc2N)CC1. The molecular weight excluding hydrogens is 310 g/mol. The van der Waals surface area contributed by atoms with Crippen LogP contribution in [-0.4, -0.2) is 41.7 Å². The van der Waals surface area contributed by atoms with Gasteiger partial charge in [-0.1, -0.05) is 0 Å². The molecule has 0 unspecified atom stereocenters. The van der Waals surface area contributed by atoms with Crippen LogP contribution >= 0.6 is 0 Å². The van der Waals surface area contributed by atoms with Gasteiger partial charge in [0.25, 0.3) is 0 Å². The number of carbonyl (C=O) groups excluding carboxylic acids is 2. The number of nitrogens with two attached hydrogens (primary N) is 2. The first-order valence-corrected chi connectivity index (χ1v) is 7.99. The Morgan fingerprint density at radius 1 is 1.21 bits per heavy atom. The van der Waals surface area contributed by atoms with E-state index in [2.05, 4.69) is 0 Å². The third-order valence-corrected chi connectivity index (χ3v) is 3.69. The molecule has 0 bridgehead atoms. The molecule has 0 spiro atoms. The number of likely N-dealkylation sites (tertiary alicyclic amines) is 1. The van der Waals surface area contributed by atoms with E-state index in [0.29, 0.717) is 42.9 Å². The van der Waals surface area contributed by atoms with E-state index in [1.807, 2.05) is 20.8 Å². The monoisotopic (exact) mass is 335 g/mol. The molecule has 1 aromatic carbocycles. The predicted octanol–water partition coefficient (Wildman–Crippen LogP) is 2.15. The molecule has 7 nitrogen and oxygen atoms in total. The molecular formula is C17H25N3O4. The number of carbonyl (C=O) groups is 2. The van der Waals surface area contributed by atoms with Gasteiger partial charge in [0.15, 0.2) is 0 Å². The number of amides is 2. The van der Waals surface area contributed by atoms with Crippen molar-refractivity contribution in [2.75, 3.05) is 18.8 Å². The second kappa shape index (κ2) is 6.98. The van der Waals surface area contributed by atoms with Crippen molar-refractivity contribution in [2.24, 2.45) is 5.73 Å². The molecule has 4 N–H and O–H groups in total. The molecule has 7 heteroatoms. The third kappa shape index (κ3) is 4.78. The number of benzene rings is 1. The summed E-state index contributed by atoms with van der Waals surface area (Å²) in [6.45, 7) is 6.63. The van der Waals surface area contributed by atoms with Gasteiger partial charge in [0.2, 0.25) is 5.91 Å². The number of ether oxygens (including phenoxy) is 2. The lowest BCUT2D eigenvalue weighted by molar-refractivity contribution is 0.0127. The highest BCUT2D eigenvalue weighted by molar-refractivity contribution is 5.93. The van der Waals surface area contributed by atoms with E-state index in [1.54, 1.807) is 23.1 Å². The molecule has 0 aromatic heterocycles. The van der Waals surface area contributed by atoms with Gasteiger partial charge >= 0.3 is 6.09 Å². The summed E-state index contributed by atoms with van der Waals surface area (Å²) in [5.74, 6) is -0.0818. The molecule has 1 heterocycles. The van der Waals surface area contributed by atoms with Gasteiger partial charge < -0.3 is 25.8 Å². The summed E-state index contributed by atoms with van der Waals surface area (Å²) in [5, 5.41) is 0. The summed E-state index contributed by atoms with van der Waals surface area (Å²) in [7, 11) is 0. The second-order valence-electron chi connectivity index (χ2n) is 6.90. The lowest BCUT2D eigenvalue weighted by Crippen LogP contribution is -2.44. The largest absolute Gasteiger partial charge is 0.488 e. The van der Waals surface area contributed by atoms with Gasteiger partial charge in [-0.25, -0.2) is 4.79 Å². The molecule has 0 aliphatic carbocycles. The van der Waals surface area contributed by atoms with E-state index >= 15 is 0 Å². The van der Waals surface area contributed by atoms with Crippen molar-refractivity contribution in [1.82, 2.24) is 4.90 Å². The molecule has 1 aliphatic heterocycles. The summed E-state index contributed by atoms with van der Waals surface area (Å²) in [5.41, 5.74) is 11.5. The summed E-state index contributed by atoms with van der Waals surface area (Å²) >= 11 is 0. The highest BCUT2D eigenvalue weighted by atomic mass is 16.6. The Bertz CT molecular complexity index is 617. The topological polar surface area (TPSA) is 108 Å². The molecule has 24 heavy (non-hydrogen) atoms. The van der Waals surface area contributed by atoms with Crippen LogP contribution in [-0.2, 0) is 4.74 Å². The summed E-state index contributed by atoms with van der Waals surface area (Å²) in [6, 6.07) is 4.72. The number of piperidine rings is 1. The van der Waals surface area contributed by atoms with Crippen LogP contribution in [0.3, 0.4) is 0 Å². The zero-order valence-electron chi connectivity index (χ0n) is 14.4. The Morgan fingerprint density at radius 3 is 2.38 bits per heavy atom. The van der Waals surface area contributed by atoms with Crippen LogP contribution in [0.1, 0.15) is 44.0 Å². The predicted molar refractivity (Wildman–Crippen MR) is 90.8 cm³/mol. The third-order valence-electron chi connectivity index (χ3n) is 3.69. The zero-order chi connectivity index (χ0) is 17.9. The minimum atomic E-state index is -0.528. The van der Waals surface area contributed by atoms with Crippen molar-refractivity contribution in [1.29, 1.82) is 0 Å². The fraction of sp³-hybridized carbons (Fsp3) is 0.529. The van der Waals surface area contributed by atoms with Crippen LogP contribution in [0.5, 0.6) is 5.75 Å². The van der Waals surface area contributed by atoms with Gasteiger partial charge in [0.05, 0.1) is 5.69 Å². The van der Waals surface area contributed by atoms with Crippen molar-refractivity contribution in [2.45, 2.75) is 45.3 Å². The Balaban J connectivity index is 1.93. The van der Waals surface area contributed by atoms with E-state index < -0.39 is 11.5 Å². The highest BCUT2D eigenvalue weighted by Crippen LogP contribution is 2.27. The zero-order valence-corrected chi connectivity index (χ0v) is 14.4. The Kier molecular flexibility index (Phi) is 5.21. The highest BCUT2D eigenvalue weighted by Gasteiger charge is 2.28. The van der Waals surface area contributed by atoms with E-state index in [4.69, 9.17) is 20.9 Å². The van der Waals surface area contributed by atoms with Crippen molar-refractivity contribution in [3.05, 3.63) is 23.8 Å². The molecule has 1 saturated heterocycles. The average Bonchev–Trinajstić information content (AvgIpc) is 2.48. The number of anilines is 1. The summed E-state index contributed by atoms with van der Waals surface area (Å²) in [4.78, 5) is 25.0. The maximum Gasteiger partial charge on any atom is 0.410 e. The number of primary amides is 1. The van der Waals surface area contributed by atoms with Crippen LogP contribution in [0.2, 0.25) is 0 Å². The molecule has 2 rings (SSSR count). The first-order chi connectivity index (χ1) is 11.2. The molecule has 0 radical (unpaired) electrons. The van der Waals surface area contributed by atoms with Crippen molar-refractivity contribution in [3.63, 3.8) is 0 Å². The van der Waals surface area contributed by atoms with E-state index in [9.17, 15) is 9.59 Å². The lowest BCUT2D eigenvalue weighted by atomic mass is 10.1. The number of hydrogen-bond donors (Lipinski definition) is 2. The molecule has 2 amide bonds. The number of nitrogens with zero attached hydrogens (tertiary/aromatic N) is 1. The Hall–Kier alpha value is -2.44. The van der Waals surface area contributed by atoms with Crippen LogP contribution < -0.4 is 16.2 Å². The van der Waals surface area contributed by atoms with Crippen molar-refractivity contribution >= 4 is 17.7 Å². The summed E-state index contributed by atoms with van der Waals surface area (Å²) in [6.07, 6.45) is 0.948. The maximum atomic E-state index is 12.0. The van der Waals surface area contributed by atoms with Gasteiger partial charge in [0, 0.05) is 31.5 Å². The minimum absolute atomic E-state index is 0.0749. The second-order valence-corrected chi connectivity index (χ2v) is 6.90. The molecule has 0 atom stereocenters. The van der Waals surface area contributed by atoms with Gasteiger partial charge in [-0.15, -0.1) is 0 Å². The first-order valence-electron chi connectivity index (χ1n) is 7.99. The molecule has 132 valence electrons. The van der Waals surface area contributed by atoms with Gasteiger partial charge in [-0.3, -0.25) is 4.79 Å². The standard InChI is InChI=1S/C17H25N3O4/c1-17(2,3)24-16(22)20-8-6-12(7-9-20)23-14-10-11(15(19)21)4-5-13(14)18/h4-5,10,12H,6-9,18H2,1-3H3,(H2,19,21).